The zero-order valence-corrected chi connectivity index (χ0v) is 8.60. The monoisotopic (exact) mass is 170 g/mol. The van der Waals surface area contributed by atoms with Gasteiger partial charge in [0.15, 0.2) is 0 Å². The average molecular weight is 170 g/mol. The molecule has 1 heterocycles. The molecule has 0 radical (unpaired) electrons. The Balaban J connectivity index is 2.59. The standard InChI is InChI=1S/C10H18O2/c1-7-9(6-10(3,4)5)12-8(2)11-7/h8H,6H2,1-5H3. The van der Waals surface area contributed by atoms with Crippen LogP contribution < -0.4 is 0 Å². The van der Waals surface area contributed by atoms with Gasteiger partial charge in [-0.25, -0.2) is 0 Å². The minimum Gasteiger partial charge on any atom is -0.456 e. The molecule has 0 aromatic carbocycles. The first-order chi connectivity index (χ1) is 5.38. The maximum Gasteiger partial charge on any atom is 0.237 e. The first-order valence-corrected chi connectivity index (χ1v) is 4.41. The molecule has 1 aliphatic heterocycles. The molecular weight excluding hydrogens is 152 g/mol. The second-order valence-electron chi connectivity index (χ2n) is 4.52. The lowest BCUT2D eigenvalue weighted by atomic mass is 9.91. The molecule has 0 aliphatic carbocycles. The highest BCUT2D eigenvalue weighted by molar-refractivity contribution is 5.04. The van der Waals surface area contributed by atoms with Crippen molar-refractivity contribution in [2.75, 3.05) is 0 Å². The SMILES string of the molecule is CC1=C(CC(C)(C)C)OC(C)O1. The molecule has 0 fully saturated rings. The van der Waals surface area contributed by atoms with E-state index in [0.29, 0.717) is 0 Å². The van der Waals surface area contributed by atoms with Crippen LogP contribution in [0.3, 0.4) is 0 Å². The van der Waals surface area contributed by atoms with Gasteiger partial charge in [0.05, 0.1) is 0 Å². The molecule has 12 heavy (non-hydrogen) atoms. The first-order valence-electron chi connectivity index (χ1n) is 4.41. The van der Waals surface area contributed by atoms with Crippen LogP contribution in [0.1, 0.15) is 41.0 Å². The maximum absolute atomic E-state index is 5.51. The Kier molecular flexibility index (Phi) is 2.36. The molecule has 0 spiro atoms. The van der Waals surface area contributed by atoms with Crippen LogP contribution in [0.5, 0.6) is 0 Å². The Bertz CT molecular complexity index is 198. The third-order valence-corrected chi connectivity index (χ3v) is 1.73. The summed E-state index contributed by atoms with van der Waals surface area (Å²) in [5.41, 5.74) is 0.268. The zero-order valence-electron chi connectivity index (χ0n) is 8.60. The normalized spacial score (nSPS) is 23.9. The van der Waals surface area contributed by atoms with Crippen molar-refractivity contribution in [3.05, 3.63) is 11.5 Å². The highest BCUT2D eigenvalue weighted by atomic mass is 16.7. The summed E-state index contributed by atoms with van der Waals surface area (Å²) >= 11 is 0. The van der Waals surface area contributed by atoms with Gasteiger partial charge in [0.1, 0.15) is 11.5 Å². The fourth-order valence-electron chi connectivity index (χ4n) is 1.27. The molecule has 0 aromatic rings. The van der Waals surface area contributed by atoms with Gasteiger partial charge >= 0.3 is 0 Å². The van der Waals surface area contributed by atoms with Crippen LogP contribution in [0.4, 0.5) is 0 Å². The zero-order chi connectivity index (χ0) is 9.35. The van der Waals surface area contributed by atoms with E-state index in [1.807, 2.05) is 13.8 Å². The van der Waals surface area contributed by atoms with Crippen LogP contribution in [-0.4, -0.2) is 6.29 Å². The predicted octanol–water partition coefficient (Wildman–Crippen LogP) is 3.05. The van der Waals surface area contributed by atoms with E-state index in [9.17, 15) is 0 Å². The van der Waals surface area contributed by atoms with Crippen LogP contribution >= 0.6 is 0 Å². The molecule has 1 unspecified atom stereocenters. The topological polar surface area (TPSA) is 18.5 Å². The van der Waals surface area contributed by atoms with Crippen molar-refractivity contribution in [2.45, 2.75) is 47.3 Å². The maximum atomic E-state index is 5.51. The van der Waals surface area contributed by atoms with Crippen LogP contribution in [0.2, 0.25) is 0 Å². The lowest BCUT2D eigenvalue weighted by molar-refractivity contribution is -0.0262. The number of ether oxygens (including phenoxy) is 2. The Hall–Kier alpha value is -0.660. The van der Waals surface area contributed by atoms with Crippen molar-refractivity contribution in [3.63, 3.8) is 0 Å². The minimum atomic E-state index is -0.0950. The summed E-state index contributed by atoms with van der Waals surface area (Å²) in [5.74, 6) is 1.95. The van der Waals surface area contributed by atoms with Crippen LogP contribution in [0.15, 0.2) is 11.5 Å². The molecule has 2 nitrogen and oxygen atoms in total. The molecule has 0 N–H and O–H groups in total. The minimum absolute atomic E-state index is 0.0950. The molecule has 1 atom stereocenters. The van der Waals surface area contributed by atoms with Gasteiger partial charge in [-0.1, -0.05) is 20.8 Å². The van der Waals surface area contributed by atoms with Crippen molar-refractivity contribution in [3.8, 4) is 0 Å². The fourth-order valence-corrected chi connectivity index (χ4v) is 1.27. The van der Waals surface area contributed by atoms with E-state index in [0.717, 1.165) is 17.9 Å². The summed E-state index contributed by atoms with van der Waals surface area (Å²) in [6.07, 6.45) is 0.853. The van der Waals surface area contributed by atoms with Gasteiger partial charge in [-0.05, 0) is 12.3 Å². The molecule has 0 aromatic heterocycles. The lowest BCUT2D eigenvalue weighted by Crippen LogP contribution is -2.08. The van der Waals surface area contributed by atoms with Crippen LogP contribution in [-0.2, 0) is 9.47 Å². The van der Waals surface area contributed by atoms with Gasteiger partial charge in [-0.2, -0.15) is 0 Å². The second-order valence-corrected chi connectivity index (χ2v) is 4.52. The van der Waals surface area contributed by atoms with E-state index >= 15 is 0 Å². The quantitative estimate of drug-likeness (QED) is 0.602. The van der Waals surface area contributed by atoms with Gasteiger partial charge in [0.2, 0.25) is 6.29 Å². The fraction of sp³-hybridized carbons (Fsp3) is 0.800. The Morgan fingerprint density at radius 2 is 1.83 bits per heavy atom. The predicted molar refractivity (Wildman–Crippen MR) is 48.4 cm³/mol. The number of hydrogen-bond donors (Lipinski definition) is 0. The van der Waals surface area contributed by atoms with Crippen molar-refractivity contribution >= 4 is 0 Å². The third kappa shape index (κ3) is 2.43. The summed E-state index contributed by atoms with van der Waals surface area (Å²) in [6.45, 7) is 10.5. The van der Waals surface area contributed by atoms with Gasteiger partial charge in [0.25, 0.3) is 0 Å². The summed E-state index contributed by atoms with van der Waals surface area (Å²) in [6, 6.07) is 0. The number of rotatable bonds is 1. The molecule has 0 saturated heterocycles. The summed E-state index contributed by atoms with van der Waals surface area (Å²) < 4.78 is 10.9. The van der Waals surface area contributed by atoms with E-state index in [1.165, 1.54) is 0 Å². The summed E-state index contributed by atoms with van der Waals surface area (Å²) in [7, 11) is 0. The molecule has 0 amide bonds. The molecule has 0 saturated carbocycles. The largest absolute Gasteiger partial charge is 0.456 e. The summed E-state index contributed by atoms with van der Waals surface area (Å²) in [5, 5.41) is 0. The Labute approximate surface area is 74.6 Å². The van der Waals surface area contributed by atoms with E-state index < -0.39 is 0 Å². The molecule has 70 valence electrons. The second kappa shape index (κ2) is 3.00. The van der Waals surface area contributed by atoms with Crippen LogP contribution in [0, 0.1) is 5.41 Å². The van der Waals surface area contributed by atoms with Crippen LogP contribution in [0.25, 0.3) is 0 Å². The van der Waals surface area contributed by atoms with Crippen molar-refractivity contribution in [2.24, 2.45) is 5.41 Å². The van der Waals surface area contributed by atoms with Crippen molar-refractivity contribution in [1.82, 2.24) is 0 Å². The molecule has 1 rings (SSSR count). The smallest absolute Gasteiger partial charge is 0.237 e. The van der Waals surface area contributed by atoms with Crippen molar-refractivity contribution in [1.29, 1.82) is 0 Å². The average Bonchev–Trinajstić information content (AvgIpc) is 2.06. The number of allylic oxidation sites excluding steroid dienone is 2. The highest BCUT2D eigenvalue weighted by Crippen LogP contribution is 2.31. The van der Waals surface area contributed by atoms with Gasteiger partial charge in [-0.3, -0.25) is 0 Å². The van der Waals surface area contributed by atoms with E-state index in [1.54, 1.807) is 0 Å². The number of hydrogen-bond acceptors (Lipinski definition) is 2. The summed E-state index contributed by atoms with van der Waals surface area (Å²) in [4.78, 5) is 0. The van der Waals surface area contributed by atoms with E-state index in [4.69, 9.17) is 9.47 Å². The molecular formula is C10H18O2. The van der Waals surface area contributed by atoms with Gasteiger partial charge in [-0.15, -0.1) is 0 Å². The first kappa shape index (κ1) is 9.43. The van der Waals surface area contributed by atoms with Gasteiger partial charge in [0, 0.05) is 13.3 Å². The van der Waals surface area contributed by atoms with E-state index in [2.05, 4.69) is 20.8 Å². The molecule has 1 aliphatic rings. The molecule has 2 heteroatoms. The lowest BCUT2D eigenvalue weighted by Gasteiger charge is -2.18. The third-order valence-electron chi connectivity index (χ3n) is 1.73. The Morgan fingerprint density at radius 1 is 1.25 bits per heavy atom. The molecule has 0 bridgehead atoms. The van der Waals surface area contributed by atoms with Gasteiger partial charge < -0.3 is 9.47 Å². The highest BCUT2D eigenvalue weighted by Gasteiger charge is 2.24. The van der Waals surface area contributed by atoms with E-state index in [-0.39, 0.29) is 11.7 Å². The van der Waals surface area contributed by atoms with Crippen molar-refractivity contribution < 1.29 is 9.47 Å². The Morgan fingerprint density at radius 3 is 2.17 bits per heavy atom.